The first-order chi connectivity index (χ1) is 27.1. The molecular weight excluding hydrogens is 731 g/mol. The van der Waals surface area contributed by atoms with E-state index in [1.807, 2.05) is 43.4 Å². The maximum Gasteiger partial charge on any atom is 0.469 e. The smallest absolute Gasteiger partial charge is 0.462 e. The van der Waals surface area contributed by atoms with Crippen LogP contribution in [0.15, 0.2) is 72.9 Å². The van der Waals surface area contributed by atoms with Gasteiger partial charge in [0.15, 0.2) is 6.10 Å². The number of unbranched alkanes of at least 4 members (excludes halogenated alkanes) is 16. The van der Waals surface area contributed by atoms with E-state index in [9.17, 15) is 24.4 Å². The first-order valence-electron chi connectivity index (χ1n) is 21.4. The summed E-state index contributed by atoms with van der Waals surface area (Å²) in [6.45, 7) is 3.36. The van der Waals surface area contributed by atoms with Gasteiger partial charge in [-0.25, -0.2) is 4.57 Å². The number of hydrogen-bond acceptors (Lipinski definition) is 8. The molecule has 56 heavy (non-hydrogen) atoms. The van der Waals surface area contributed by atoms with Crippen LogP contribution in [0.4, 0.5) is 0 Å². The maximum absolute atomic E-state index is 12.4. The van der Waals surface area contributed by atoms with Gasteiger partial charge in [-0.3, -0.25) is 14.1 Å². The average Bonchev–Trinajstić information content (AvgIpc) is 3.16. The molecule has 0 aliphatic rings. The van der Waals surface area contributed by atoms with E-state index >= 15 is 0 Å². The zero-order valence-corrected chi connectivity index (χ0v) is 35.6. The molecule has 11 heteroatoms. The van der Waals surface area contributed by atoms with Crippen molar-refractivity contribution in [2.75, 3.05) is 13.2 Å². The van der Waals surface area contributed by atoms with Crippen molar-refractivity contribution in [1.29, 1.82) is 0 Å². The van der Waals surface area contributed by atoms with E-state index in [0.717, 1.165) is 25.7 Å². The number of allylic oxidation sites excluding steroid dienone is 8. The second-order valence-corrected chi connectivity index (χ2v) is 15.6. The molecule has 0 aromatic heterocycles. The first kappa shape index (κ1) is 53.4. The molecule has 4 N–H and O–H groups in total. The average molecular weight is 809 g/mol. The third kappa shape index (κ3) is 41.1. The number of hydrogen-bond donors (Lipinski definition) is 4. The van der Waals surface area contributed by atoms with Crippen LogP contribution < -0.4 is 0 Å². The van der Waals surface area contributed by atoms with Crippen LogP contribution in [0, 0.1) is 0 Å². The second kappa shape index (κ2) is 39.2. The standard InChI is InChI=1S/C45H77O10P/c1-3-5-7-8-9-10-11-12-13-14-15-16-17-18-19-23-31-37-44(48)53-39-43(40-54-56(50,51)52)55-45(49)38-32-24-21-20-22-28-34-42(47)36-30-26-25-29-35-41(46)33-27-6-4-2/h6,21-22,24-30,35-36,41-43,46-47H,3-5,7-20,23,31-34,37-40H2,1-2H3,(H2,50,51,52)/b24-21-,26-25-,27-6-,28-22-,35-29+,36-30+/t41-,42+,43+/m0/s1. The minimum atomic E-state index is -4.81. The number of phosphoric ester groups is 1. The highest BCUT2D eigenvalue weighted by Gasteiger charge is 2.22. The van der Waals surface area contributed by atoms with Gasteiger partial charge >= 0.3 is 19.8 Å². The molecule has 0 unspecified atom stereocenters. The fraction of sp³-hybridized carbons (Fsp3) is 0.689. The Bertz CT molecular complexity index is 1170. The molecule has 322 valence electrons. The van der Waals surface area contributed by atoms with E-state index in [0.29, 0.717) is 32.1 Å². The molecule has 0 rings (SSSR count). The minimum absolute atomic E-state index is 0.0287. The van der Waals surface area contributed by atoms with Crippen molar-refractivity contribution in [3.8, 4) is 0 Å². The van der Waals surface area contributed by atoms with Crippen molar-refractivity contribution in [3.05, 3.63) is 72.9 Å². The number of rotatable bonds is 38. The molecule has 0 saturated carbocycles. The lowest BCUT2D eigenvalue weighted by Crippen LogP contribution is -2.29. The minimum Gasteiger partial charge on any atom is -0.462 e. The van der Waals surface area contributed by atoms with Crippen molar-refractivity contribution in [2.45, 2.75) is 186 Å². The van der Waals surface area contributed by atoms with Gasteiger partial charge in [0.05, 0.1) is 18.8 Å². The lowest BCUT2D eigenvalue weighted by molar-refractivity contribution is -0.161. The summed E-state index contributed by atoms with van der Waals surface area (Å²) in [4.78, 5) is 42.8. The molecule has 3 atom stereocenters. The second-order valence-electron chi connectivity index (χ2n) is 14.3. The number of carbonyl (C=O) groups excluding carboxylic acids is 2. The molecule has 10 nitrogen and oxygen atoms in total. The number of aliphatic hydroxyl groups excluding tert-OH is 2. The Morgan fingerprint density at radius 3 is 1.55 bits per heavy atom. The van der Waals surface area contributed by atoms with Crippen LogP contribution in [-0.2, 0) is 28.2 Å². The monoisotopic (exact) mass is 809 g/mol. The maximum atomic E-state index is 12.4. The van der Waals surface area contributed by atoms with E-state index in [1.165, 1.54) is 83.5 Å². The molecular formula is C45H77O10P. The van der Waals surface area contributed by atoms with Crippen LogP contribution in [0.25, 0.3) is 0 Å². The number of ether oxygens (including phenoxy) is 2. The predicted octanol–water partition coefficient (Wildman–Crippen LogP) is 11.0. The Morgan fingerprint density at radius 1 is 0.571 bits per heavy atom. The zero-order chi connectivity index (χ0) is 41.4. The third-order valence-electron chi connectivity index (χ3n) is 8.92. The summed E-state index contributed by atoms with van der Waals surface area (Å²) in [6.07, 6.45) is 44.1. The molecule has 0 aromatic rings. The zero-order valence-electron chi connectivity index (χ0n) is 34.7. The van der Waals surface area contributed by atoms with Crippen molar-refractivity contribution < 1.29 is 48.2 Å². The SMILES string of the molecule is CC/C=C\C[C@H](O)/C=C/C=C\C=C\[C@H](O)C/C=C\C/C=C\CCC(=O)O[C@H](COC(=O)CCCCCCCCCCCCCCCCCCC)COP(=O)(O)O. The molecule has 0 amide bonds. The van der Waals surface area contributed by atoms with Gasteiger partial charge in [-0.1, -0.05) is 189 Å². The fourth-order valence-electron chi connectivity index (χ4n) is 5.69. The van der Waals surface area contributed by atoms with Crippen LogP contribution in [-0.4, -0.2) is 63.5 Å². The van der Waals surface area contributed by atoms with Crippen LogP contribution in [0.2, 0.25) is 0 Å². The van der Waals surface area contributed by atoms with Gasteiger partial charge in [0.25, 0.3) is 0 Å². The normalized spacial score (nSPS) is 14.3. The fourth-order valence-corrected chi connectivity index (χ4v) is 6.05. The Hall–Kier alpha value is -2.59. The highest BCUT2D eigenvalue weighted by atomic mass is 31.2. The predicted molar refractivity (Wildman–Crippen MR) is 228 cm³/mol. The lowest BCUT2D eigenvalue weighted by atomic mass is 10.0. The molecule has 0 bridgehead atoms. The van der Waals surface area contributed by atoms with Crippen LogP contribution in [0.5, 0.6) is 0 Å². The summed E-state index contributed by atoms with van der Waals surface area (Å²) in [5, 5.41) is 19.9. The Kier molecular flexibility index (Phi) is 37.4. The van der Waals surface area contributed by atoms with Gasteiger partial charge in [0, 0.05) is 12.8 Å². The first-order valence-corrected chi connectivity index (χ1v) is 23.0. The van der Waals surface area contributed by atoms with Gasteiger partial charge in [-0.05, 0) is 38.5 Å². The van der Waals surface area contributed by atoms with Gasteiger partial charge in [0.2, 0.25) is 0 Å². The highest BCUT2D eigenvalue weighted by molar-refractivity contribution is 7.46. The summed E-state index contributed by atoms with van der Waals surface area (Å²) in [7, 11) is -4.81. The van der Waals surface area contributed by atoms with Crippen molar-refractivity contribution in [2.24, 2.45) is 0 Å². The van der Waals surface area contributed by atoms with Crippen LogP contribution >= 0.6 is 7.82 Å². The third-order valence-corrected chi connectivity index (χ3v) is 9.40. The summed E-state index contributed by atoms with van der Waals surface area (Å²) in [5.74, 6) is -1.05. The van der Waals surface area contributed by atoms with Gasteiger partial charge in [-0.2, -0.15) is 0 Å². The number of carbonyl (C=O) groups is 2. The molecule has 0 aliphatic carbocycles. The molecule has 0 heterocycles. The van der Waals surface area contributed by atoms with E-state index in [4.69, 9.17) is 19.3 Å². The molecule has 0 fully saturated rings. The highest BCUT2D eigenvalue weighted by Crippen LogP contribution is 2.36. The summed E-state index contributed by atoms with van der Waals surface area (Å²) < 4.78 is 26.3. The molecule has 0 spiro atoms. The van der Waals surface area contributed by atoms with Crippen molar-refractivity contribution in [3.63, 3.8) is 0 Å². The van der Waals surface area contributed by atoms with Crippen molar-refractivity contribution in [1.82, 2.24) is 0 Å². The molecule has 0 radical (unpaired) electrons. The molecule has 0 saturated heterocycles. The van der Waals surface area contributed by atoms with Gasteiger partial charge in [0.1, 0.15) is 6.61 Å². The van der Waals surface area contributed by atoms with E-state index in [-0.39, 0.29) is 19.4 Å². The van der Waals surface area contributed by atoms with E-state index in [1.54, 1.807) is 36.5 Å². The van der Waals surface area contributed by atoms with Crippen molar-refractivity contribution >= 4 is 19.8 Å². The Morgan fingerprint density at radius 2 is 1.05 bits per heavy atom. The number of aliphatic hydroxyl groups is 2. The summed E-state index contributed by atoms with van der Waals surface area (Å²) in [5.41, 5.74) is 0. The summed E-state index contributed by atoms with van der Waals surface area (Å²) in [6, 6.07) is 0. The van der Waals surface area contributed by atoms with Crippen LogP contribution in [0.1, 0.15) is 168 Å². The van der Waals surface area contributed by atoms with Gasteiger partial charge in [-0.15, -0.1) is 0 Å². The Balaban J connectivity index is 4.15. The quantitative estimate of drug-likeness (QED) is 0.0155. The van der Waals surface area contributed by atoms with Crippen LogP contribution in [0.3, 0.4) is 0 Å². The lowest BCUT2D eigenvalue weighted by Gasteiger charge is -2.18. The molecule has 0 aliphatic heterocycles. The largest absolute Gasteiger partial charge is 0.469 e. The molecule has 0 aromatic carbocycles. The Labute approximate surface area is 339 Å². The van der Waals surface area contributed by atoms with E-state index < -0.39 is 44.7 Å². The number of esters is 2. The van der Waals surface area contributed by atoms with Gasteiger partial charge < -0.3 is 29.5 Å². The number of phosphoric acid groups is 1. The van der Waals surface area contributed by atoms with E-state index in [2.05, 4.69) is 11.4 Å². The summed E-state index contributed by atoms with van der Waals surface area (Å²) >= 11 is 0. The topological polar surface area (TPSA) is 160 Å².